The Morgan fingerprint density at radius 1 is 1.38 bits per heavy atom. The van der Waals surface area contributed by atoms with E-state index in [0.717, 1.165) is 13.0 Å². The second kappa shape index (κ2) is 7.65. The topological polar surface area (TPSA) is 32.3 Å². The molecule has 13 heavy (non-hydrogen) atoms. The van der Waals surface area contributed by atoms with Crippen LogP contribution in [0, 0.1) is 0 Å². The molecule has 0 aliphatic heterocycles. The standard InChI is InChI=1S/C10H23NOS/c1-4-10(2,12)9-11-7-5-6-8-13-3/h11-12H,4-9H2,1-3H3. The van der Waals surface area contributed by atoms with Crippen LogP contribution in [0.15, 0.2) is 0 Å². The van der Waals surface area contributed by atoms with E-state index in [1.165, 1.54) is 18.6 Å². The van der Waals surface area contributed by atoms with Crippen molar-refractivity contribution in [3.05, 3.63) is 0 Å². The molecule has 0 radical (unpaired) electrons. The summed E-state index contributed by atoms with van der Waals surface area (Å²) in [6, 6.07) is 0. The molecule has 0 aromatic carbocycles. The molecule has 0 spiro atoms. The second-order valence-electron chi connectivity index (χ2n) is 3.73. The number of rotatable bonds is 8. The summed E-state index contributed by atoms with van der Waals surface area (Å²) in [6.45, 7) is 5.62. The lowest BCUT2D eigenvalue weighted by Gasteiger charge is -2.21. The van der Waals surface area contributed by atoms with E-state index in [0.29, 0.717) is 6.54 Å². The van der Waals surface area contributed by atoms with Crippen molar-refractivity contribution in [2.24, 2.45) is 0 Å². The van der Waals surface area contributed by atoms with Gasteiger partial charge >= 0.3 is 0 Å². The third-order valence-corrected chi connectivity index (χ3v) is 2.92. The summed E-state index contributed by atoms with van der Waals surface area (Å²) in [6.07, 6.45) is 5.42. The van der Waals surface area contributed by atoms with Crippen molar-refractivity contribution in [2.45, 2.75) is 38.7 Å². The van der Waals surface area contributed by atoms with E-state index >= 15 is 0 Å². The number of nitrogens with one attached hydrogen (secondary N) is 1. The highest BCUT2D eigenvalue weighted by atomic mass is 32.2. The molecule has 0 aromatic rings. The Balaban J connectivity index is 3.16. The van der Waals surface area contributed by atoms with Gasteiger partial charge in [0.2, 0.25) is 0 Å². The molecule has 2 nitrogen and oxygen atoms in total. The maximum atomic E-state index is 9.66. The van der Waals surface area contributed by atoms with E-state index in [2.05, 4.69) is 11.6 Å². The molecule has 2 N–H and O–H groups in total. The minimum absolute atomic E-state index is 0.528. The van der Waals surface area contributed by atoms with Crippen LogP contribution in [0.3, 0.4) is 0 Å². The molecule has 80 valence electrons. The van der Waals surface area contributed by atoms with Gasteiger partial charge in [-0.2, -0.15) is 11.8 Å². The SMILES string of the molecule is CCC(C)(O)CNCCCCSC. The van der Waals surface area contributed by atoms with Gasteiger partial charge in [0.15, 0.2) is 0 Å². The molecular weight excluding hydrogens is 182 g/mol. The maximum absolute atomic E-state index is 9.66. The number of hydrogen-bond donors (Lipinski definition) is 2. The minimum Gasteiger partial charge on any atom is -0.389 e. The Morgan fingerprint density at radius 3 is 2.62 bits per heavy atom. The first-order chi connectivity index (χ1) is 6.12. The largest absolute Gasteiger partial charge is 0.389 e. The zero-order valence-electron chi connectivity index (χ0n) is 9.10. The molecular formula is C10H23NOS. The van der Waals surface area contributed by atoms with Crippen LogP contribution in [0.2, 0.25) is 0 Å². The lowest BCUT2D eigenvalue weighted by atomic mass is 10.0. The van der Waals surface area contributed by atoms with Gasteiger partial charge in [0, 0.05) is 6.54 Å². The molecule has 0 saturated carbocycles. The van der Waals surface area contributed by atoms with Crippen molar-refractivity contribution in [1.29, 1.82) is 0 Å². The molecule has 0 saturated heterocycles. The van der Waals surface area contributed by atoms with E-state index in [4.69, 9.17) is 0 Å². The monoisotopic (exact) mass is 205 g/mol. The minimum atomic E-state index is -0.528. The fraction of sp³-hybridized carbons (Fsp3) is 1.00. The summed E-state index contributed by atoms with van der Waals surface area (Å²) in [5.74, 6) is 1.24. The Hall–Kier alpha value is 0.270. The summed E-state index contributed by atoms with van der Waals surface area (Å²) >= 11 is 1.89. The molecule has 3 heteroatoms. The van der Waals surface area contributed by atoms with E-state index in [1.54, 1.807) is 0 Å². The highest BCUT2D eigenvalue weighted by Gasteiger charge is 2.15. The predicted molar refractivity (Wildman–Crippen MR) is 61.4 cm³/mol. The van der Waals surface area contributed by atoms with Crippen LogP contribution in [0.25, 0.3) is 0 Å². The molecule has 0 heterocycles. The van der Waals surface area contributed by atoms with Gasteiger partial charge in [-0.1, -0.05) is 6.92 Å². The van der Waals surface area contributed by atoms with E-state index in [9.17, 15) is 5.11 Å². The predicted octanol–water partition coefficient (Wildman–Crippen LogP) is 1.88. The first-order valence-corrected chi connectivity index (χ1v) is 6.44. The average molecular weight is 205 g/mol. The van der Waals surface area contributed by atoms with Crippen LogP contribution in [0.1, 0.15) is 33.1 Å². The number of unbranched alkanes of at least 4 members (excludes halogenated alkanes) is 1. The van der Waals surface area contributed by atoms with Crippen LogP contribution >= 0.6 is 11.8 Å². The van der Waals surface area contributed by atoms with Crippen LogP contribution in [-0.2, 0) is 0 Å². The van der Waals surface area contributed by atoms with Crippen molar-refractivity contribution in [3.8, 4) is 0 Å². The molecule has 1 atom stereocenters. The molecule has 0 fully saturated rings. The average Bonchev–Trinajstić information content (AvgIpc) is 2.11. The van der Waals surface area contributed by atoms with Crippen molar-refractivity contribution >= 4 is 11.8 Å². The van der Waals surface area contributed by atoms with Crippen molar-refractivity contribution < 1.29 is 5.11 Å². The second-order valence-corrected chi connectivity index (χ2v) is 4.71. The Kier molecular flexibility index (Phi) is 7.81. The van der Waals surface area contributed by atoms with Gasteiger partial charge in [-0.3, -0.25) is 0 Å². The van der Waals surface area contributed by atoms with Crippen LogP contribution in [-0.4, -0.2) is 35.8 Å². The summed E-state index contributed by atoms with van der Waals surface area (Å²) in [7, 11) is 0. The van der Waals surface area contributed by atoms with Crippen molar-refractivity contribution in [2.75, 3.05) is 25.1 Å². The molecule has 0 bridgehead atoms. The van der Waals surface area contributed by atoms with E-state index < -0.39 is 5.60 Å². The molecule has 0 rings (SSSR count). The van der Waals surface area contributed by atoms with E-state index in [-0.39, 0.29) is 0 Å². The molecule has 0 amide bonds. The summed E-state index contributed by atoms with van der Waals surface area (Å²) < 4.78 is 0. The summed E-state index contributed by atoms with van der Waals surface area (Å²) in [5, 5.41) is 12.9. The third kappa shape index (κ3) is 8.60. The maximum Gasteiger partial charge on any atom is 0.0740 e. The fourth-order valence-electron chi connectivity index (χ4n) is 0.979. The van der Waals surface area contributed by atoms with Gasteiger partial charge in [-0.05, 0) is 44.7 Å². The molecule has 0 aliphatic carbocycles. The quantitative estimate of drug-likeness (QED) is 0.593. The number of aliphatic hydroxyl groups is 1. The van der Waals surface area contributed by atoms with Crippen molar-refractivity contribution in [3.63, 3.8) is 0 Å². The molecule has 1 unspecified atom stereocenters. The van der Waals surface area contributed by atoms with Crippen molar-refractivity contribution in [1.82, 2.24) is 5.32 Å². The normalized spacial score (nSPS) is 15.7. The van der Waals surface area contributed by atoms with Crippen LogP contribution in [0.5, 0.6) is 0 Å². The zero-order valence-corrected chi connectivity index (χ0v) is 9.91. The highest BCUT2D eigenvalue weighted by molar-refractivity contribution is 7.98. The molecule has 0 aromatic heterocycles. The van der Waals surface area contributed by atoms with Gasteiger partial charge in [0.25, 0.3) is 0 Å². The zero-order chi connectivity index (χ0) is 10.2. The van der Waals surface area contributed by atoms with Gasteiger partial charge < -0.3 is 10.4 Å². The van der Waals surface area contributed by atoms with Gasteiger partial charge in [-0.25, -0.2) is 0 Å². The lowest BCUT2D eigenvalue weighted by Crippen LogP contribution is -2.37. The summed E-state index contributed by atoms with van der Waals surface area (Å²) in [5.41, 5.74) is -0.528. The van der Waals surface area contributed by atoms with Crippen LogP contribution < -0.4 is 5.32 Å². The van der Waals surface area contributed by atoms with Crippen LogP contribution in [0.4, 0.5) is 0 Å². The number of thioether (sulfide) groups is 1. The fourth-order valence-corrected chi connectivity index (χ4v) is 1.47. The molecule has 0 aliphatic rings. The van der Waals surface area contributed by atoms with Gasteiger partial charge in [0.05, 0.1) is 5.60 Å². The smallest absolute Gasteiger partial charge is 0.0740 e. The number of hydrogen-bond acceptors (Lipinski definition) is 3. The highest BCUT2D eigenvalue weighted by Crippen LogP contribution is 2.05. The Morgan fingerprint density at radius 2 is 2.08 bits per heavy atom. The summed E-state index contributed by atoms with van der Waals surface area (Å²) in [4.78, 5) is 0. The first kappa shape index (κ1) is 13.3. The lowest BCUT2D eigenvalue weighted by molar-refractivity contribution is 0.0560. The van der Waals surface area contributed by atoms with Gasteiger partial charge in [0.1, 0.15) is 0 Å². The first-order valence-electron chi connectivity index (χ1n) is 5.04. The Labute approximate surface area is 86.5 Å². The van der Waals surface area contributed by atoms with Gasteiger partial charge in [-0.15, -0.1) is 0 Å². The Bertz CT molecular complexity index is 117. The van der Waals surface area contributed by atoms with E-state index in [1.807, 2.05) is 25.6 Å². The third-order valence-electron chi connectivity index (χ3n) is 2.22.